The van der Waals surface area contributed by atoms with Gasteiger partial charge in [0.05, 0.1) is 4.92 Å². The van der Waals surface area contributed by atoms with Gasteiger partial charge in [-0.25, -0.2) is 0 Å². The lowest BCUT2D eigenvalue weighted by Gasteiger charge is -2.05. The van der Waals surface area contributed by atoms with Crippen molar-refractivity contribution in [1.29, 1.82) is 0 Å². The highest BCUT2D eigenvalue weighted by Gasteiger charge is 2.16. The zero-order chi connectivity index (χ0) is 10.7. The number of halogens is 1. The van der Waals surface area contributed by atoms with Crippen LogP contribution in [0.15, 0.2) is 12.1 Å². The van der Waals surface area contributed by atoms with Crippen molar-refractivity contribution in [1.82, 2.24) is 0 Å². The molecule has 0 aliphatic rings. The van der Waals surface area contributed by atoms with Crippen LogP contribution in [0.2, 0.25) is 5.02 Å². The van der Waals surface area contributed by atoms with E-state index >= 15 is 0 Å². The van der Waals surface area contributed by atoms with E-state index in [1.807, 2.05) is 0 Å². The number of nitro groups is 1. The number of carbonyl (C=O) groups is 1. The number of anilines is 1. The lowest BCUT2D eigenvalue weighted by molar-refractivity contribution is -0.383. The summed E-state index contributed by atoms with van der Waals surface area (Å²) in [5.74, 6) is 0. The molecular formula is C8H7ClN2O3. The zero-order valence-electron chi connectivity index (χ0n) is 7.28. The van der Waals surface area contributed by atoms with Gasteiger partial charge in [0.2, 0.25) is 6.41 Å². The molecule has 0 radical (unpaired) electrons. The number of benzene rings is 1. The first-order valence-corrected chi connectivity index (χ1v) is 4.08. The van der Waals surface area contributed by atoms with E-state index in [2.05, 4.69) is 5.32 Å². The van der Waals surface area contributed by atoms with Crippen molar-refractivity contribution in [2.45, 2.75) is 6.92 Å². The van der Waals surface area contributed by atoms with Gasteiger partial charge >= 0.3 is 0 Å². The van der Waals surface area contributed by atoms with E-state index in [1.54, 1.807) is 13.0 Å². The van der Waals surface area contributed by atoms with E-state index in [0.29, 0.717) is 12.0 Å². The van der Waals surface area contributed by atoms with Gasteiger partial charge in [0, 0.05) is 11.1 Å². The SMILES string of the molecule is Cc1cc(Cl)cc([N+](=O)[O-])c1NC=O. The summed E-state index contributed by atoms with van der Waals surface area (Å²) >= 11 is 5.65. The van der Waals surface area contributed by atoms with E-state index in [-0.39, 0.29) is 16.4 Å². The van der Waals surface area contributed by atoms with Crippen LogP contribution in [0, 0.1) is 17.0 Å². The summed E-state index contributed by atoms with van der Waals surface area (Å²) in [5, 5.41) is 13.1. The number of aryl methyl sites for hydroxylation is 1. The molecule has 0 atom stereocenters. The van der Waals surface area contributed by atoms with Crippen LogP contribution >= 0.6 is 11.6 Å². The summed E-state index contributed by atoms with van der Waals surface area (Å²) in [4.78, 5) is 20.2. The molecule has 0 fully saturated rings. The number of rotatable bonds is 3. The van der Waals surface area contributed by atoms with Crippen molar-refractivity contribution in [3.05, 3.63) is 32.8 Å². The van der Waals surface area contributed by atoms with Crippen molar-refractivity contribution in [3.63, 3.8) is 0 Å². The summed E-state index contributed by atoms with van der Waals surface area (Å²) in [7, 11) is 0. The maximum atomic E-state index is 10.6. The Balaban J connectivity index is 3.35. The van der Waals surface area contributed by atoms with Crippen molar-refractivity contribution in [3.8, 4) is 0 Å². The molecule has 0 saturated carbocycles. The van der Waals surface area contributed by atoms with Crippen LogP contribution in [0.25, 0.3) is 0 Å². The average molecular weight is 215 g/mol. The summed E-state index contributed by atoms with van der Waals surface area (Å²) in [6, 6.07) is 2.74. The quantitative estimate of drug-likeness (QED) is 0.476. The lowest BCUT2D eigenvalue weighted by Crippen LogP contribution is -2.01. The van der Waals surface area contributed by atoms with Crippen molar-refractivity contribution in [2.75, 3.05) is 5.32 Å². The molecule has 1 amide bonds. The molecule has 0 aromatic heterocycles. The third-order valence-electron chi connectivity index (χ3n) is 1.68. The normalized spacial score (nSPS) is 9.57. The second-order valence-electron chi connectivity index (χ2n) is 2.64. The standard InChI is InChI=1S/C8H7ClN2O3/c1-5-2-6(9)3-7(11(13)14)8(5)10-4-12/h2-4H,1H3,(H,10,12). The highest BCUT2D eigenvalue weighted by molar-refractivity contribution is 6.31. The maximum absolute atomic E-state index is 10.6. The van der Waals surface area contributed by atoms with Crippen LogP contribution < -0.4 is 5.32 Å². The Morgan fingerprint density at radius 1 is 1.57 bits per heavy atom. The number of hydrogen-bond acceptors (Lipinski definition) is 3. The van der Waals surface area contributed by atoms with Gasteiger partial charge in [-0.2, -0.15) is 0 Å². The summed E-state index contributed by atoms with van der Waals surface area (Å²) < 4.78 is 0. The van der Waals surface area contributed by atoms with Gasteiger partial charge in [-0.15, -0.1) is 0 Å². The fourth-order valence-electron chi connectivity index (χ4n) is 1.12. The third-order valence-corrected chi connectivity index (χ3v) is 1.90. The Bertz CT molecular complexity index is 392. The van der Waals surface area contributed by atoms with Gasteiger partial charge in [-0.05, 0) is 18.6 Å². The predicted octanol–water partition coefficient (Wildman–Crippen LogP) is 2.12. The van der Waals surface area contributed by atoms with Crippen LogP contribution in [-0.4, -0.2) is 11.3 Å². The van der Waals surface area contributed by atoms with E-state index in [0.717, 1.165) is 0 Å². The number of nitrogens with one attached hydrogen (secondary N) is 1. The van der Waals surface area contributed by atoms with Crippen LogP contribution in [0.5, 0.6) is 0 Å². The number of carbonyl (C=O) groups excluding carboxylic acids is 1. The molecule has 74 valence electrons. The van der Waals surface area contributed by atoms with Gasteiger partial charge in [-0.3, -0.25) is 14.9 Å². The minimum Gasteiger partial charge on any atom is -0.323 e. The second kappa shape index (κ2) is 4.06. The third kappa shape index (κ3) is 2.00. The van der Waals surface area contributed by atoms with Crippen molar-refractivity contribution < 1.29 is 9.72 Å². The smallest absolute Gasteiger partial charge is 0.294 e. The molecule has 0 heterocycles. The Morgan fingerprint density at radius 2 is 2.21 bits per heavy atom. The van der Waals surface area contributed by atoms with E-state index in [9.17, 15) is 14.9 Å². The molecule has 0 aliphatic heterocycles. The lowest BCUT2D eigenvalue weighted by atomic mass is 10.1. The first-order chi connectivity index (χ1) is 6.56. The molecule has 0 spiro atoms. The second-order valence-corrected chi connectivity index (χ2v) is 3.07. The first-order valence-electron chi connectivity index (χ1n) is 3.71. The molecule has 1 aromatic rings. The Hall–Kier alpha value is -1.62. The first kappa shape index (κ1) is 10.5. The Kier molecular flexibility index (Phi) is 3.03. The molecule has 0 bridgehead atoms. The fraction of sp³-hybridized carbons (Fsp3) is 0.125. The summed E-state index contributed by atoms with van der Waals surface area (Å²) in [5.41, 5.74) is 0.521. The minimum absolute atomic E-state index is 0.175. The van der Waals surface area contributed by atoms with Gasteiger partial charge in [0.15, 0.2) is 0 Å². The Morgan fingerprint density at radius 3 is 2.71 bits per heavy atom. The van der Waals surface area contributed by atoms with E-state index in [4.69, 9.17) is 11.6 Å². The summed E-state index contributed by atoms with van der Waals surface area (Å²) in [6.45, 7) is 1.63. The summed E-state index contributed by atoms with van der Waals surface area (Å²) in [6.07, 6.45) is 0.392. The molecule has 6 heteroatoms. The number of nitrogens with zero attached hydrogens (tertiary/aromatic N) is 1. The molecular weight excluding hydrogens is 208 g/mol. The average Bonchev–Trinajstić information content (AvgIpc) is 2.09. The van der Waals surface area contributed by atoms with Crippen LogP contribution in [-0.2, 0) is 4.79 Å². The Labute approximate surface area is 84.8 Å². The van der Waals surface area contributed by atoms with Crippen molar-refractivity contribution in [2.24, 2.45) is 0 Å². The van der Waals surface area contributed by atoms with Gasteiger partial charge in [0.1, 0.15) is 5.69 Å². The van der Waals surface area contributed by atoms with Crippen LogP contribution in [0.4, 0.5) is 11.4 Å². The molecule has 5 nitrogen and oxygen atoms in total. The topological polar surface area (TPSA) is 72.2 Å². The number of hydrogen-bond donors (Lipinski definition) is 1. The predicted molar refractivity (Wildman–Crippen MR) is 52.5 cm³/mol. The molecule has 14 heavy (non-hydrogen) atoms. The van der Waals surface area contributed by atoms with E-state index in [1.165, 1.54) is 6.07 Å². The largest absolute Gasteiger partial charge is 0.323 e. The number of amides is 1. The molecule has 1 N–H and O–H groups in total. The molecule has 0 unspecified atom stereocenters. The van der Waals surface area contributed by atoms with Gasteiger partial charge < -0.3 is 5.32 Å². The molecule has 0 aliphatic carbocycles. The fourth-order valence-corrected chi connectivity index (χ4v) is 1.38. The van der Waals surface area contributed by atoms with Gasteiger partial charge in [-0.1, -0.05) is 11.6 Å². The molecule has 0 saturated heterocycles. The van der Waals surface area contributed by atoms with Crippen LogP contribution in [0.3, 0.4) is 0 Å². The van der Waals surface area contributed by atoms with E-state index < -0.39 is 4.92 Å². The van der Waals surface area contributed by atoms with Crippen molar-refractivity contribution >= 4 is 29.4 Å². The molecule has 1 rings (SSSR count). The van der Waals surface area contributed by atoms with Crippen LogP contribution in [0.1, 0.15) is 5.56 Å². The zero-order valence-corrected chi connectivity index (χ0v) is 8.04. The minimum atomic E-state index is -0.593. The number of nitro benzene ring substituents is 1. The van der Waals surface area contributed by atoms with Gasteiger partial charge in [0.25, 0.3) is 5.69 Å². The molecule has 1 aromatic carbocycles. The highest BCUT2D eigenvalue weighted by Crippen LogP contribution is 2.31. The monoisotopic (exact) mass is 214 g/mol. The highest BCUT2D eigenvalue weighted by atomic mass is 35.5. The maximum Gasteiger partial charge on any atom is 0.294 e.